The molecule has 0 aliphatic heterocycles. The largest absolute Gasteiger partial charge is 0.497 e. The van der Waals surface area contributed by atoms with Gasteiger partial charge in [0.1, 0.15) is 5.75 Å². The monoisotopic (exact) mass is 386 g/mol. The van der Waals surface area contributed by atoms with Crippen molar-refractivity contribution in [3.05, 3.63) is 84.4 Å². The minimum Gasteiger partial charge on any atom is -0.497 e. The standard InChI is InChI=1S/C25H26N2O2/c1-18-7-11-21(12-8-18)26-16-22(28)17-27-24-6-4-3-5-20(24)15-25(27)19-9-13-23(29-2)14-10-19/h3-15,22,26,28H,16-17H2,1-2H3/t22-/m0/s1. The highest BCUT2D eigenvalue weighted by Gasteiger charge is 2.14. The predicted molar refractivity (Wildman–Crippen MR) is 120 cm³/mol. The van der Waals surface area contributed by atoms with Gasteiger partial charge in [0, 0.05) is 28.8 Å². The number of hydrogen-bond donors (Lipinski definition) is 2. The Kier molecular flexibility index (Phi) is 5.54. The maximum absolute atomic E-state index is 10.7. The van der Waals surface area contributed by atoms with Crippen LogP contribution in [0.5, 0.6) is 5.75 Å². The molecule has 1 heterocycles. The van der Waals surface area contributed by atoms with E-state index in [2.05, 4.69) is 59.3 Å². The second-order valence-electron chi connectivity index (χ2n) is 7.33. The zero-order valence-electron chi connectivity index (χ0n) is 16.8. The number of methoxy groups -OCH3 is 1. The molecule has 0 bridgehead atoms. The lowest BCUT2D eigenvalue weighted by Crippen LogP contribution is -2.25. The van der Waals surface area contributed by atoms with Crippen molar-refractivity contribution < 1.29 is 9.84 Å². The summed E-state index contributed by atoms with van der Waals surface area (Å²) in [7, 11) is 1.67. The van der Waals surface area contributed by atoms with Crippen LogP contribution in [0.3, 0.4) is 0 Å². The van der Waals surface area contributed by atoms with Gasteiger partial charge >= 0.3 is 0 Å². The Morgan fingerprint density at radius 2 is 1.69 bits per heavy atom. The van der Waals surface area contributed by atoms with Gasteiger partial charge < -0.3 is 19.7 Å². The lowest BCUT2D eigenvalue weighted by Gasteiger charge is -2.17. The van der Waals surface area contributed by atoms with E-state index in [-0.39, 0.29) is 0 Å². The molecule has 1 aromatic heterocycles. The highest BCUT2D eigenvalue weighted by Crippen LogP contribution is 2.29. The van der Waals surface area contributed by atoms with Crippen molar-refractivity contribution in [2.45, 2.75) is 19.6 Å². The highest BCUT2D eigenvalue weighted by atomic mass is 16.5. The number of aryl methyl sites for hydroxylation is 1. The number of para-hydroxylation sites is 1. The number of aliphatic hydroxyl groups excluding tert-OH is 1. The van der Waals surface area contributed by atoms with E-state index in [1.165, 1.54) is 5.56 Å². The average molecular weight is 386 g/mol. The van der Waals surface area contributed by atoms with Gasteiger partial charge in [-0.3, -0.25) is 0 Å². The van der Waals surface area contributed by atoms with Crippen LogP contribution < -0.4 is 10.1 Å². The van der Waals surface area contributed by atoms with Gasteiger partial charge in [-0.2, -0.15) is 0 Å². The van der Waals surface area contributed by atoms with Crippen molar-refractivity contribution in [3.63, 3.8) is 0 Å². The number of anilines is 1. The number of nitrogens with zero attached hydrogens (tertiary/aromatic N) is 1. The normalized spacial score (nSPS) is 12.1. The summed E-state index contributed by atoms with van der Waals surface area (Å²) >= 11 is 0. The molecule has 4 aromatic rings. The maximum Gasteiger partial charge on any atom is 0.118 e. The third-order valence-corrected chi connectivity index (χ3v) is 5.18. The van der Waals surface area contributed by atoms with Crippen LogP contribution in [0.25, 0.3) is 22.2 Å². The third kappa shape index (κ3) is 4.28. The molecule has 0 amide bonds. The smallest absolute Gasteiger partial charge is 0.118 e. The van der Waals surface area contributed by atoms with Gasteiger partial charge in [0.05, 0.1) is 19.8 Å². The molecule has 0 unspecified atom stereocenters. The van der Waals surface area contributed by atoms with Crippen LogP contribution in [0.1, 0.15) is 5.56 Å². The number of hydrogen-bond acceptors (Lipinski definition) is 3. The van der Waals surface area contributed by atoms with Crippen LogP contribution in [0, 0.1) is 6.92 Å². The molecule has 0 aliphatic rings. The van der Waals surface area contributed by atoms with E-state index in [1.54, 1.807) is 7.11 Å². The predicted octanol–water partition coefficient (Wildman–Crippen LogP) is 5.10. The average Bonchev–Trinajstić information content (AvgIpc) is 3.12. The first-order chi connectivity index (χ1) is 14.1. The Labute approximate surface area is 171 Å². The zero-order valence-corrected chi connectivity index (χ0v) is 16.8. The van der Waals surface area contributed by atoms with Crippen LogP contribution >= 0.6 is 0 Å². The molecule has 3 aromatic carbocycles. The molecule has 0 aliphatic carbocycles. The number of aromatic nitrogens is 1. The SMILES string of the molecule is COc1ccc(-c2cc3ccccc3n2C[C@@H](O)CNc2ccc(C)cc2)cc1. The van der Waals surface area contributed by atoms with Crippen molar-refractivity contribution >= 4 is 16.6 Å². The summed E-state index contributed by atoms with van der Waals surface area (Å²) in [4.78, 5) is 0. The first-order valence-electron chi connectivity index (χ1n) is 9.85. The molecule has 0 spiro atoms. The number of nitrogens with one attached hydrogen (secondary N) is 1. The second kappa shape index (κ2) is 8.41. The fraction of sp³-hybridized carbons (Fsp3) is 0.200. The van der Waals surface area contributed by atoms with Gasteiger partial charge in [-0.15, -0.1) is 0 Å². The molecule has 4 rings (SSSR count). The molecule has 4 nitrogen and oxygen atoms in total. The van der Waals surface area contributed by atoms with Crippen LogP contribution in [-0.4, -0.2) is 29.4 Å². The lowest BCUT2D eigenvalue weighted by atomic mass is 10.1. The fourth-order valence-electron chi connectivity index (χ4n) is 3.59. The van der Waals surface area contributed by atoms with E-state index in [0.717, 1.165) is 33.6 Å². The number of aliphatic hydroxyl groups is 1. The summed E-state index contributed by atoms with van der Waals surface area (Å²) in [6, 6.07) is 26.7. The Morgan fingerprint density at radius 1 is 0.966 bits per heavy atom. The van der Waals surface area contributed by atoms with Gasteiger partial charge in [0.15, 0.2) is 0 Å². The van der Waals surface area contributed by atoms with Crippen molar-refractivity contribution in [1.29, 1.82) is 0 Å². The summed E-state index contributed by atoms with van der Waals surface area (Å²) in [6.45, 7) is 3.06. The summed E-state index contributed by atoms with van der Waals surface area (Å²) in [5, 5.41) is 15.2. The van der Waals surface area contributed by atoms with Crippen molar-refractivity contribution in [2.75, 3.05) is 19.0 Å². The first kappa shape index (κ1) is 19.1. The van der Waals surface area contributed by atoms with Crippen molar-refractivity contribution in [3.8, 4) is 17.0 Å². The quantitative estimate of drug-likeness (QED) is 0.465. The number of rotatable bonds is 7. The number of benzene rings is 3. The minimum absolute atomic E-state index is 0.484. The third-order valence-electron chi connectivity index (χ3n) is 5.18. The molecule has 0 saturated carbocycles. The molecule has 148 valence electrons. The molecule has 29 heavy (non-hydrogen) atoms. The van der Waals surface area contributed by atoms with E-state index in [0.29, 0.717) is 13.1 Å². The molecule has 1 atom stereocenters. The zero-order chi connectivity index (χ0) is 20.2. The highest BCUT2D eigenvalue weighted by molar-refractivity contribution is 5.87. The van der Waals surface area contributed by atoms with E-state index < -0.39 is 6.10 Å². The Bertz CT molecular complexity index is 1080. The molecule has 0 fully saturated rings. The molecule has 4 heteroatoms. The van der Waals surface area contributed by atoms with Crippen LogP contribution in [-0.2, 0) is 6.54 Å². The van der Waals surface area contributed by atoms with Gasteiger partial charge in [-0.1, -0.05) is 35.9 Å². The van der Waals surface area contributed by atoms with E-state index in [4.69, 9.17) is 4.74 Å². The maximum atomic E-state index is 10.7. The van der Waals surface area contributed by atoms with Gasteiger partial charge in [-0.25, -0.2) is 0 Å². The van der Waals surface area contributed by atoms with Crippen LogP contribution in [0.4, 0.5) is 5.69 Å². The van der Waals surface area contributed by atoms with Crippen LogP contribution in [0.2, 0.25) is 0 Å². The summed E-state index contributed by atoms with van der Waals surface area (Å²) in [6.07, 6.45) is -0.524. The number of ether oxygens (including phenoxy) is 1. The Morgan fingerprint density at radius 3 is 2.41 bits per heavy atom. The number of fused-ring (bicyclic) bond motifs is 1. The van der Waals surface area contributed by atoms with E-state index in [9.17, 15) is 5.11 Å². The topological polar surface area (TPSA) is 46.4 Å². The molecule has 0 saturated heterocycles. The van der Waals surface area contributed by atoms with E-state index in [1.807, 2.05) is 36.4 Å². The fourth-order valence-corrected chi connectivity index (χ4v) is 3.59. The van der Waals surface area contributed by atoms with Gasteiger partial charge in [-0.05, 0) is 61.0 Å². The first-order valence-corrected chi connectivity index (χ1v) is 9.85. The molecule has 0 radical (unpaired) electrons. The minimum atomic E-state index is -0.524. The summed E-state index contributed by atoms with van der Waals surface area (Å²) in [5.41, 5.74) is 5.54. The van der Waals surface area contributed by atoms with Crippen LogP contribution in [0.15, 0.2) is 78.9 Å². The van der Waals surface area contributed by atoms with Crippen molar-refractivity contribution in [1.82, 2.24) is 4.57 Å². The summed E-state index contributed by atoms with van der Waals surface area (Å²) in [5.74, 6) is 0.832. The molecular weight excluding hydrogens is 360 g/mol. The van der Waals surface area contributed by atoms with Gasteiger partial charge in [0.25, 0.3) is 0 Å². The lowest BCUT2D eigenvalue weighted by molar-refractivity contribution is 0.169. The van der Waals surface area contributed by atoms with Gasteiger partial charge in [0.2, 0.25) is 0 Å². The molecular formula is C25H26N2O2. The summed E-state index contributed by atoms with van der Waals surface area (Å²) < 4.78 is 7.48. The van der Waals surface area contributed by atoms with Crippen molar-refractivity contribution in [2.24, 2.45) is 0 Å². The van der Waals surface area contributed by atoms with E-state index >= 15 is 0 Å². The Balaban J connectivity index is 1.58. The Hall–Kier alpha value is -3.24. The molecule has 2 N–H and O–H groups in total. The second-order valence-corrected chi connectivity index (χ2v) is 7.33.